The number of aryl methyl sites for hydroxylation is 1. The van der Waals surface area contributed by atoms with E-state index in [1.165, 1.54) is 11.1 Å². The number of piperidine rings is 1. The molecule has 1 aromatic carbocycles. The van der Waals surface area contributed by atoms with Gasteiger partial charge >= 0.3 is 0 Å². The summed E-state index contributed by atoms with van der Waals surface area (Å²) < 4.78 is 0. The number of carbonyl (C=O) groups excluding carboxylic acids is 2. The summed E-state index contributed by atoms with van der Waals surface area (Å²) in [5, 5.41) is 0. The average molecular weight is 356 g/mol. The van der Waals surface area contributed by atoms with E-state index in [2.05, 4.69) is 42.0 Å². The lowest BCUT2D eigenvalue weighted by Crippen LogP contribution is -2.53. The maximum atomic E-state index is 13.2. The fourth-order valence-electron chi connectivity index (χ4n) is 4.54. The molecule has 5 rings (SSSR count). The number of benzene rings is 1. The summed E-state index contributed by atoms with van der Waals surface area (Å²) in [5.41, 5.74) is 8.94. The fourth-order valence-corrected chi connectivity index (χ4v) is 4.54. The third-order valence-corrected chi connectivity index (χ3v) is 6.12. The quantitative estimate of drug-likeness (QED) is 0.840. The maximum Gasteiger partial charge on any atom is 0.241 e. The molecule has 0 aromatic heterocycles. The highest BCUT2D eigenvalue weighted by Crippen LogP contribution is 2.30. The number of rotatable bonds is 2. The molecule has 26 heavy (non-hydrogen) atoms. The number of nitrogens with one attached hydrogen (secondary N) is 2. The number of hydrazine groups is 1. The van der Waals surface area contributed by atoms with Crippen LogP contribution in [-0.2, 0) is 9.59 Å². The third-order valence-electron chi connectivity index (χ3n) is 6.12. The van der Waals surface area contributed by atoms with Crippen LogP contribution >= 0.6 is 0 Å². The highest BCUT2D eigenvalue weighted by molar-refractivity contribution is 5.83. The van der Waals surface area contributed by atoms with Gasteiger partial charge in [0.1, 0.15) is 6.04 Å². The van der Waals surface area contributed by atoms with E-state index in [1.807, 2.05) is 9.80 Å². The van der Waals surface area contributed by atoms with Gasteiger partial charge in [-0.25, -0.2) is 10.9 Å². The highest BCUT2D eigenvalue weighted by atomic mass is 16.2. The Morgan fingerprint density at radius 3 is 2.54 bits per heavy atom. The van der Waals surface area contributed by atoms with Gasteiger partial charge in [-0.1, -0.05) is 29.8 Å². The summed E-state index contributed by atoms with van der Waals surface area (Å²) in [5.74, 6) is 0.701. The van der Waals surface area contributed by atoms with Crippen LogP contribution in [0.1, 0.15) is 43.4 Å². The molecule has 2 unspecified atom stereocenters. The van der Waals surface area contributed by atoms with Crippen molar-refractivity contribution in [3.63, 3.8) is 0 Å². The molecule has 4 fully saturated rings. The van der Waals surface area contributed by atoms with Crippen molar-refractivity contribution < 1.29 is 9.59 Å². The van der Waals surface area contributed by atoms with E-state index in [-0.39, 0.29) is 29.9 Å². The predicted molar refractivity (Wildman–Crippen MR) is 99.1 cm³/mol. The van der Waals surface area contributed by atoms with Crippen molar-refractivity contribution in [1.29, 1.82) is 0 Å². The normalized spacial score (nSPS) is 31.2. The lowest BCUT2D eigenvalue weighted by atomic mass is 9.93. The van der Waals surface area contributed by atoms with Gasteiger partial charge in [0.25, 0.3) is 0 Å². The number of fused-ring (bicyclic) bond motifs is 4. The molecular formula is C20H28N4O2. The van der Waals surface area contributed by atoms with Crippen molar-refractivity contribution in [2.24, 2.45) is 5.92 Å². The van der Waals surface area contributed by atoms with E-state index in [0.29, 0.717) is 12.5 Å². The summed E-state index contributed by atoms with van der Waals surface area (Å²) in [4.78, 5) is 29.0. The lowest BCUT2D eigenvalue weighted by Gasteiger charge is -2.37. The van der Waals surface area contributed by atoms with Gasteiger partial charge < -0.3 is 9.80 Å². The highest BCUT2D eigenvalue weighted by Gasteiger charge is 2.41. The van der Waals surface area contributed by atoms with Crippen LogP contribution in [0.5, 0.6) is 0 Å². The predicted octanol–water partition coefficient (Wildman–Crippen LogP) is 1.37. The molecule has 140 valence electrons. The second-order valence-corrected chi connectivity index (χ2v) is 8.05. The van der Waals surface area contributed by atoms with E-state index < -0.39 is 0 Å². The van der Waals surface area contributed by atoms with Crippen molar-refractivity contribution in [3.8, 4) is 0 Å². The van der Waals surface area contributed by atoms with Crippen LogP contribution in [0.15, 0.2) is 24.3 Å². The van der Waals surface area contributed by atoms with E-state index in [4.69, 9.17) is 0 Å². The molecular weight excluding hydrogens is 328 g/mol. The largest absolute Gasteiger partial charge is 0.341 e. The minimum absolute atomic E-state index is 0.122. The van der Waals surface area contributed by atoms with E-state index in [1.54, 1.807) is 6.92 Å². The minimum Gasteiger partial charge on any atom is -0.341 e. The van der Waals surface area contributed by atoms with Crippen molar-refractivity contribution in [2.75, 3.05) is 19.6 Å². The Kier molecular flexibility index (Phi) is 4.71. The van der Waals surface area contributed by atoms with Crippen LogP contribution in [0.2, 0.25) is 0 Å². The van der Waals surface area contributed by atoms with Gasteiger partial charge in [0.2, 0.25) is 11.8 Å². The molecule has 4 aliphatic heterocycles. The SMILES string of the molecule is CC(=O)N1C[C@H]2CC[C@@H](C1)N(C(=O)C1CC(c3ccc(C)cc3)NN1)C2. The first kappa shape index (κ1) is 17.5. The van der Waals surface area contributed by atoms with Gasteiger partial charge in [-0.3, -0.25) is 9.59 Å². The number of hydrogen-bond acceptors (Lipinski definition) is 4. The van der Waals surface area contributed by atoms with Crippen molar-refractivity contribution in [1.82, 2.24) is 20.7 Å². The van der Waals surface area contributed by atoms with E-state index in [9.17, 15) is 9.59 Å². The Balaban J connectivity index is 1.43. The number of hydrogen-bond donors (Lipinski definition) is 2. The lowest BCUT2D eigenvalue weighted by molar-refractivity contribution is -0.138. The average Bonchev–Trinajstić information content (AvgIpc) is 2.93. The fraction of sp³-hybridized carbons (Fsp3) is 0.600. The van der Waals surface area contributed by atoms with Crippen LogP contribution in [0.3, 0.4) is 0 Å². The Labute approximate surface area is 154 Å². The summed E-state index contributed by atoms with van der Waals surface area (Å²) in [6.07, 6.45) is 2.87. The topological polar surface area (TPSA) is 64.7 Å². The Morgan fingerprint density at radius 2 is 1.81 bits per heavy atom. The Morgan fingerprint density at radius 1 is 1.04 bits per heavy atom. The molecule has 2 amide bonds. The third kappa shape index (κ3) is 3.35. The number of nitrogens with zero attached hydrogens (tertiary/aromatic N) is 2. The molecule has 0 aliphatic carbocycles. The first-order valence-electron chi connectivity index (χ1n) is 9.65. The van der Waals surface area contributed by atoms with E-state index in [0.717, 1.165) is 32.4 Å². The van der Waals surface area contributed by atoms with Crippen LogP contribution in [0.25, 0.3) is 0 Å². The van der Waals surface area contributed by atoms with Gasteiger partial charge in [-0.05, 0) is 37.7 Å². The van der Waals surface area contributed by atoms with Crippen LogP contribution in [0, 0.1) is 12.8 Å². The van der Waals surface area contributed by atoms with Gasteiger partial charge in [0.05, 0.1) is 0 Å². The molecule has 6 heteroatoms. The van der Waals surface area contributed by atoms with Crippen LogP contribution in [0.4, 0.5) is 0 Å². The first-order valence-corrected chi connectivity index (χ1v) is 9.65. The molecule has 0 spiro atoms. The summed E-state index contributed by atoms with van der Waals surface area (Å²) in [7, 11) is 0. The van der Waals surface area contributed by atoms with E-state index >= 15 is 0 Å². The zero-order valence-corrected chi connectivity index (χ0v) is 15.6. The molecule has 4 atom stereocenters. The summed E-state index contributed by atoms with van der Waals surface area (Å²) >= 11 is 0. The van der Waals surface area contributed by atoms with Gasteiger partial charge in [-0.2, -0.15) is 0 Å². The molecule has 2 N–H and O–H groups in total. The second-order valence-electron chi connectivity index (χ2n) is 8.05. The zero-order valence-electron chi connectivity index (χ0n) is 15.6. The molecule has 1 aromatic rings. The van der Waals surface area contributed by atoms with Crippen LogP contribution in [-0.4, -0.2) is 53.3 Å². The Bertz CT molecular complexity index is 690. The van der Waals surface area contributed by atoms with Gasteiger partial charge in [-0.15, -0.1) is 0 Å². The molecule has 4 saturated heterocycles. The first-order chi connectivity index (χ1) is 12.5. The number of amides is 2. The van der Waals surface area contributed by atoms with Crippen molar-refractivity contribution in [3.05, 3.63) is 35.4 Å². The molecule has 0 radical (unpaired) electrons. The zero-order chi connectivity index (χ0) is 18.3. The summed E-state index contributed by atoms with van der Waals surface area (Å²) in [6, 6.07) is 8.58. The monoisotopic (exact) mass is 356 g/mol. The Hall–Kier alpha value is -1.92. The smallest absolute Gasteiger partial charge is 0.241 e. The molecule has 2 bridgehead atoms. The van der Waals surface area contributed by atoms with Crippen molar-refractivity contribution in [2.45, 2.75) is 51.2 Å². The maximum absolute atomic E-state index is 13.2. The van der Waals surface area contributed by atoms with Crippen molar-refractivity contribution >= 4 is 11.8 Å². The number of carbonyl (C=O) groups is 2. The second kappa shape index (κ2) is 7.00. The molecule has 4 heterocycles. The van der Waals surface area contributed by atoms with Gasteiger partial charge in [0.15, 0.2) is 0 Å². The summed E-state index contributed by atoms with van der Waals surface area (Å²) in [6.45, 7) is 5.96. The molecule has 0 saturated carbocycles. The van der Waals surface area contributed by atoms with Crippen LogP contribution < -0.4 is 10.9 Å². The standard InChI is InChI=1S/C20H28N4O2/c1-13-3-6-16(7-4-13)18-9-19(22-21-18)20(26)24-11-15-5-8-17(24)12-23(10-15)14(2)25/h3-4,6-7,15,17-19,21-22H,5,8-12H2,1-2H3/t15-,17+,18?,19?/m1/s1. The molecule has 4 aliphatic rings. The minimum atomic E-state index is -0.202. The van der Waals surface area contributed by atoms with Gasteiger partial charge in [0, 0.05) is 38.6 Å². The molecule has 6 nitrogen and oxygen atoms in total.